The Balaban J connectivity index is 2.45. The maximum Gasteiger partial charge on any atom is 0.118 e. The number of imidazole rings is 1. The monoisotopic (exact) mass is 185 g/mol. The minimum atomic E-state index is 0.744. The molecule has 2 N–H and O–H groups in total. The summed E-state index contributed by atoms with van der Waals surface area (Å²) in [5, 5.41) is 0. The third-order valence-electron chi connectivity index (χ3n) is 1.59. The number of nitrogens with two attached hydrogens (primary N) is 1. The molecule has 0 bridgehead atoms. The molecule has 0 radical (unpaired) electrons. The van der Waals surface area contributed by atoms with Crippen LogP contribution in [0.25, 0.3) is 0 Å². The first-order valence-electron chi connectivity index (χ1n) is 4.00. The number of aryl methyl sites for hydroxylation is 2. The average Bonchev–Trinajstić information content (AvgIpc) is 2.31. The SMILES string of the molecule is Cc1cn(C)c(CSCCN)n1. The lowest BCUT2D eigenvalue weighted by Crippen LogP contribution is -2.02. The Morgan fingerprint density at radius 1 is 1.67 bits per heavy atom. The van der Waals surface area contributed by atoms with Crippen LogP contribution < -0.4 is 5.73 Å². The van der Waals surface area contributed by atoms with E-state index in [1.54, 1.807) is 0 Å². The van der Waals surface area contributed by atoms with E-state index in [0.29, 0.717) is 0 Å². The van der Waals surface area contributed by atoms with Crippen LogP contribution in [0, 0.1) is 6.92 Å². The van der Waals surface area contributed by atoms with Crippen molar-refractivity contribution in [1.82, 2.24) is 9.55 Å². The van der Waals surface area contributed by atoms with Gasteiger partial charge in [0.05, 0.1) is 11.4 Å². The predicted molar refractivity (Wildman–Crippen MR) is 53.2 cm³/mol. The molecule has 4 heteroatoms. The number of nitrogens with zero attached hydrogens (tertiary/aromatic N) is 2. The third kappa shape index (κ3) is 2.53. The van der Waals surface area contributed by atoms with Crippen molar-refractivity contribution in [3.05, 3.63) is 17.7 Å². The fraction of sp³-hybridized carbons (Fsp3) is 0.625. The largest absolute Gasteiger partial charge is 0.337 e. The van der Waals surface area contributed by atoms with Gasteiger partial charge >= 0.3 is 0 Å². The minimum Gasteiger partial charge on any atom is -0.337 e. The van der Waals surface area contributed by atoms with Gasteiger partial charge in [0, 0.05) is 25.5 Å². The van der Waals surface area contributed by atoms with Crippen LogP contribution in [0.3, 0.4) is 0 Å². The van der Waals surface area contributed by atoms with Gasteiger partial charge in [0.15, 0.2) is 0 Å². The summed E-state index contributed by atoms with van der Waals surface area (Å²) in [4.78, 5) is 4.38. The van der Waals surface area contributed by atoms with E-state index in [4.69, 9.17) is 5.73 Å². The van der Waals surface area contributed by atoms with E-state index in [-0.39, 0.29) is 0 Å². The van der Waals surface area contributed by atoms with Crippen molar-refractivity contribution in [2.24, 2.45) is 12.8 Å². The molecule has 0 amide bonds. The number of aromatic nitrogens is 2. The summed E-state index contributed by atoms with van der Waals surface area (Å²) in [5.41, 5.74) is 6.47. The molecule has 1 aromatic heterocycles. The zero-order valence-electron chi connectivity index (χ0n) is 7.58. The fourth-order valence-electron chi connectivity index (χ4n) is 1.05. The first-order valence-corrected chi connectivity index (χ1v) is 5.16. The molecule has 1 aromatic rings. The highest BCUT2D eigenvalue weighted by Gasteiger charge is 2.00. The van der Waals surface area contributed by atoms with E-state index < -0.39 is 0 Å². The smallest absolute Gasteiger partial charge is 0.118 e. The zero-order chi connectivity index (χ0) is 8.97. The van der Waals surface area contributed by atoms with Gasteiger partial charge in [-0.2, -0.15) is 11.8 Å². The lowest BCUT2D eigenvalue weighted by atomic mass is 10.6. The van der Waals surface area contributed by atoms with Crippen LogP contribution in [-0.4, -0.2) is 21.8 Å². The van der Waals surface area contributed by atoms with Crippen LogP contribution in [0.5, 0.6) is 0 Å². The second-order valence-electron chi connectivity index (χ2n) is 2.75. The lowest BCUT2D eigenvalue weighted by Gasteiger charge is -1.99. The van der Waals surface area contributed by atoms with Crippen LogP contribution in [-0.2, 0) is 12.8 Å². The van der Waals surface area contributed by atoms with E-state index >= 15 is 0 Å². The molecule has 1 heterocycles. The van der Waals surface area contributed by atoms with E-state index in [2.05, 4.69) is 9.55 Å². The molecule has 0 aliphatic rings. The van der Waals surface area contributed by atoms with E-state index in [9.17, 15) is 0 Å². The van der Waals surface area contributed by atoms with Gasteiger partial charge in [-0.15, -0.1) is 0 Å². The number of rotatable bonds is 4. The second kappa shape index (κ2) is 4.52. The maximum absolute atomic E-state index is 5.39. The van der Waals surface area contributed by atoms with Crippen molar-refractivity contribution >= 4 is 11.8 Å². The third-order valence-corrected chi connectivity index (χ3v) is 2.57. The summed E-state index contributed by atoms with van der Waals surface area (Å²) >= 11 is 1.83. The molecule has 0 atom stereocenters. The van der Waals surface area contributed by atoms with Crippen LogP contribution in [0.2, 0.25) is 0 Å². The van der Waals surface area contributed by atoms with Gasteiger partial charge in [-0.3, -0.25) is 0 Å². The average molecular weight is 185 g/mol. The van der Waals surface area contributed by atoms with E-state index in [1.165, 1.54) is 0 Å². The summed E-state index contributed by atoms with van der Waals surface area (Å²) < 4.78 is 2.07. The van der Waals surface area contributed by atoms with Gasteiger partial charge in [0.1, 0.15) is 5.82 Å². The van der Waals surface area contributed by atoms with Crippen molar-refractivity contribution in [2.75, 3.05) is 12.3 Å². The molecule has 12 heavy (non-hydrogen) atoms. The molecule has 1 rings (SSSR count). The summed E-state index contributed by atoms with van der Waals surface area (Å²) in [6, 6.07) is 0. The van der Waals surface area contributed by atoms with Gasteiger partial charge in [-0.05, 0) is 6.92 Å². The minimum absolute atomic E-state index is 0.744. The Hall–Kier alpha value is -0.480. The molecule has 0 saturated heterocycles. The van der Waals surface area contributed by atoms with Crippen molar-refractivity contribution < 1.29 is 0 Å². The standard InChI is InChI=1S/C8H15N3S/c1-7-5-11(2)8(10-7)6-12-4-3-9/h5H,3-4,6,9H2,1-2H3. The molecule has 0 unspecified atom stereocenters. The summed E-state index contributed by atoms with van der Waals surface area (Å²) in [6.07, 6.45) is 2.04. The van der Waals surface area contributed by atoms with E-state index in [1.807, 2.05) is 31.9 Å². The Morgan fingerprint density at radius 3 is 2.92 bits per heavy atom. The van der Waals surface area contributed by atoms with Crippen LogP contribution in [0.4, 0.5) is 0 Å². The maximum atomic E-state index is 5.39. The van der Waals surface area contributed by atoms with Gasteiger partial charge in [-0.25, -0.2) is 4.98 Å². The molecule has 0 aliphatic carbocycles. The molecule has 68 valence electrons. The quantitative estimate of drug-likeness (QED) is 0.709. The molecule has 0 fully saturated rings. The number of hydrogen-bond donors (Lipinski definition) is 1. The normalized spacial score (nSPS) is 10.6. The molecular formula is C8H15N3S. The fourth-order valence-corrected chi connectivity index (χ4v) is 1.81. The van der Waals surface area contributed by atoms with Gasteiger partial charge < -0.3 is 10.3 Å². The Kier molecular flexibility index (Phi) is 3.62. The number of thioether (sulfide) groups is 1. The molecule has 3 nitrogen and oxygen atoms in total. The van der Waals surface area contributed by atoms with Crippen molar-refractivity contribution in [3.8, 4) is 0 Å². The first-order chi connectivity index (χ1) is 5.74. The summed E-state index contributed by atoms with van der Waals surface area (Å²) in [5.74, 6) is 3.10. The van der Waals surface area contributed by atoms with Crippen LogP contribution in [0.15, 0.2) is 6.20 Å². The highest BCUT2D eigenvalue weighted by molar-refractivity contribution is 7.98. The molecule has 0 saturated carbocycles. The van der Waals surface area contributed by atoms with E-state index in [0.717, 1.165) is 29.6 Å². The Labute approximate surface area is 77.4 Å². The second-order valence-corrected chi connectivity index (χ2v) is 3.86. The molecule has 0 aliphatic heterocycles. The van der Waals surface area contributed by atoms with Gasteiger partial charge in [-0.1, -0.05) is 0 Å². The molecular weight excluding hydrogens is 170 g/mol. The van der Waals surface area contributed by atoms with Crippen molar-refractivity contribution in [2.45, 2.75) is 12.7 Å². The first kappa shape index (κ1) is 9.61. The van der Waals surface area contributed by atoms with Crippen molar-refractivity contribution in [1.29, 1.82) is 0 Å². The van der Waals surface area contributed by atoms with Crippen molar-refractivity contribution in [3.63, 3.8) is 0 Å². The lowest BCUT2D eigenvalue weighted by molar-refractivity contribution is 0.849. The Morgan fingerprint density at radius 2 is 2.42 bits per heavy atom. The topological polar surface area (TPSA) is 43.8 Å². The highest BCUT2D eigenvalue weighted by atomic mass is 32.2. The number of hydrogen-bond acceptors (Lipinski definition) is 3. The Bertz CT molecular complexity index is 244. The van der Waals surface area contributed by atoms with Gasteiger partial charge in [0.2, 0.25) is 0 Å². The summed E-state index contributed by atoms with van der Waals surface area (Å²) in [7, 11) is 2.03. The molecule has 0 aromatic carbocycles. The predicted octanol–water partition coefficient (Wildman–Crippen LogP) is 0.920. The highest BCUT2D eigenvalue weighted by Crippen LogP contribution is 2.09. The van der Waals surface area contributed by atoms with Gasteiger partial charge in [0.25, 0.3) is 0 Å². The molecule has 0 spiro atoms. The summed E-state index contributed by atoms with van der Waals surface area (Å²) in [6.45, 7) is 2.76. The zero-order valence-corrected chi connectivity index (χ0v) is 8.40. The van der Waals surface area contributed by atoms with Crippen LogP contribution in [0.1, 0.15) is 11.5 Å². The van der Waals surface area contributed by atoms with Crippen LogP contribution >= 0.6 is 11.8 Å².